The Hall–Kier alpha value is -2.46. The zero-order chi connectivity index (χ0) is 16.1. The number of nitrogens with zero attached hydrogens (tertiary/aromatic N) is 1. The van der Waals surface area contributed by atoms with Gasteiger partial charge in [0.05, 0.1) is 12.6 Å². The van der Waals surface area contributed by atoms with Gasteiger partial charge in [0, 0.05) is 4.47 Å². The topological polar surface area (TPSA) is 41.5 Å². The number of nitrogens with one attached hydrogen (secondary N) is 1. The zero-order valence-electron chi connectivity index (χ0n) is 12.4. The van der Waals surface area contributed by atoms with Gasteiger partial charge in [-0.05, 0) is 28.0 Å². The highest BCUT2D eigenvalue weighted by molar-refractivity contribution is 9.10. The van der Waals surface area contributed by atoms with E-state index in [1.165, 1.54) is 0 Å². The Morgan fingerprint density at radius 1 is 0.957 bits per heavy atom. The van der Waals surface area contributed by atoms with Crippen LogP contribution in [-0.2, 0) is 11.2 Å². The van der Waals surface area contributed by atoms with Crippen molar-refractivity contribution in [2.24, 2.45) is 5.10 Å². The van der Waals surface area contributed by atoms with Gasteiger partial charge in [-0.1, -0.05) is 76.6 Å². The van der Waals surface area contributed by atoms with Crippen LogP contribution in [0, 0.1) is 0 Å². The van der Waals surface area contributed by atoms with Gasteiger partial charge < -0.3 is 0 Å². The van der Waals surface area contributed by atoms with E-state index in [1.807, 2.05) is 66.7 Å². The van der Waals surface area contributed by atoms with Gasteiger partial charge in [0.2, 0.25) is 5.91 Å². The summed E-state index contributed by atoms with van der Waals surface area (Å²) < 4.78 is 1.03. The summed E-state index contributed by atoms with van der Waals surface area (Å²) in [5.74, 6) is -0.135. The Labute approximate surface area is 143 Å². The third kappa shape index (κ3) is 3.85. The van der Waals surface area contributed by atoms with Crippen molar-refractivity contribution in [2.45, 2.75) is 6.42 Å². The number of benzene rings is 3. The summed E-state index contributed by atoms with van der Waals surface area (Å²) in [4.78, 5) is 12.1. The third-order valence-corrected chi connectivity index (χ3v) is 4.21. The molecule has 3 aromatic carbocycles. The fourth-order valence-corrected chi connectivity index (χ4v) is 2.89. The Morgan fingerprint density at radius 2 is 1.65 bits per heavy atom. The highest BCUT2D eigenvalue weighted by atomic mass is 79.9. The van der Waals surface area contributed by atoms with Crippen molar-refractivity contribution < 1.29 is 4.79 Å². The summed E-state index contributed by atoms with van der Waals surface area (Å²) in [7, 11) is 0. The van der Waals surface area contributed by atoms with Gasteiger partial charge >= 0.3 is 0 Å². The smallest absolute Gasteiger partial charge is 0.244 e. The van der Waals surface area contributed by atoms with Gasteiger partial charge in [0.1, 0.15) is 0 Å². The van der Waals surface area contributed by atoms with Crippen LogP contribution in [0.2, 0.25) is 0 Å². The summed E-state index contributed by atoms with van der Waals surface area (Å²) in [5.41, 5.74) is 4.51. The summed E-state index contributed by atoms with van der Waals surface area (Å²) in [6.07, 6.45) is 1.93. The predicted octanol–water partition coefficient (Wildman–Crippen LogP) is 4.30. The van der Waals surface area contributed by atoms with Gasteiger partial charge in [-0.2, -0.15) is 5.10 Å². The SMILES string of the molecule is O=C(Cc1ccc(Br)c2ccccc12)NN=Cc1ccccc1. The number of rotatable bonds is 4. The molecule has 0 fully saturated rings. The van der Waals surface area contributed by atoms with Gasteiger partial charge in [-0.3, -0.25) is 4.79 Å². The van der Waals surface area contributed by atoms with Gasteiger partial charge in [-0.15, -0.1) is 0 Å². The number of hydrogen-bond donors (Lipinski definition) is 1. The minimum Gasteiger partial charge on any atom is -0.273 e. The summed E-state index contributed by atoms with van der Waals surface area (Å²) in [6, 6.07) is 21.6. The van der Waals surface area contributed by atoms with Crippen LogP contribution in [0.25, 0.3) is 10.8 Å². The van der Waals surface area contributed by atoms with E-state index in [-0.39, 0.29) is 5.91 Å². The molecule has 1 N–H and O–H groups in total. The van der Waals surface area contributed by atoms with Gasteiger partial charge in [0.25, 0.3) is 0 Å². The molecule has 0 saturated heterocycles. The van der Waals surface area contributed by atoms with Crippen LogP contribution in [0.1, 0.15) is 11.1 Å². The van der Waals surface area contributed by atoms with Crippen LogP contribution >= 0.6 is 15.9 Å². The van der Waals surface area contributed by atoms with Crippen molar-refractivity contribution in [1.82, 2.24) is 5.43 Å². The Kier molecular flexibility index (Phi) is 4.83. The maximum Gasteiger partial charge on any atom is 0.244 e. The minimum absolute atomic E-state index is 0.135. The molecule has 3 aromatic rings. The molecule has 4 heteroatoms. The molecule has 0 aromatic heterocycles. The normalized spacial score (nSPS) is 11.0. The van der Waals surface area contributed by atoms with Crippen molar-refractivity contribution in [3.63, 3.8) is 0 Å². The second-order valence-corrected chi connectivity index (χ2v) is 5.99. The number of hydrogen-bond acceptors (Lipinski definition) is 2. The maximum atomic E-state index is 12.1. The lowest BCUT2D eigenvalue weighted by atomic mass is 10.0. The van der Waals surface area contributed by atoms with E-state index in [0.29, 0.717) is 6.42 Å². The molecule has 0 aliphatic heterocycles. The molecule has 0 saturated carbocycles. The molecule has 0 spiro atoms. The van der Waals surface area contributed by atoms with Crippen molar-refractivity contribution in [1.29, 1.82) is 0 Å². The van der Waals surface area contributed by atoms with Crippen molar-refractivity contribution in [3.8, 4) is 0 Å². The van der Waals surface area contributed by atoms with E-state index < -0.39 is 0 Å². The van der Waals surface area contributed by atoms with Crippen molar-refractivity contribution >= 4 is 38.8 Å². The molecule has 0 aliphatic carbocycles. The van der Waals surface area contributed by atoms with Crippen LogP contribution in [-0.4, -0.2) is 12.1 Å². The number of carbonyl (C=O) groups is 1. The average Bonchev–Trinajstić information content (AvgIpc) is 2.59. The Bertz CT molecular complexity index is 860. The molecule has 0 heterocycles. The molecule has 0 aliphatic rings. The van der Waals surface area contributed by atoms with E-state index in [4.69, 9.17) is 0 Å². The molecule has 0 bridgehead atoms. The third-order valence-electron chi connectivity index (χ3n) is 3.51. The van der Waals surface area contributed by atoms with Crippen molar-refractivity contribution in [2.75, 3.05) is 0 Å². The molecular formula is C19H15BrN2O. The summed E-state index contributed by atoms with van der Waals surface area (Å²) in [6.45, 7) is 0. The van der Waals surface area contributed by atoms with E-state index >= 15 is 0 Å². The quantitative estimate of drug-likeness (QED) is 0.542. The predicted molar refractivity (Wildman–Crippen MR) is 97.5 cm³/mol. The molecule has 1 amide bonds. The van der Waals surface area contributed by atoms with Crippen LogP contribution in [0.5, 0.6) is 0 Å². The van der Waals surface area contributed by atoms with Gasteiger partial charge in [0.15, 0.2) is 0 Å². The first-order chi connectivity index (χ1) is 11.2. The largest absolute Gasteiger partial charge is 0.273 e. The molecular weight excluding hydrogens is 352 g/mol. The van der Waals surface area contributed by atoms with Crippen LogP contribution in [0.3, 0.4) is 0 Å². The molecule has 23 heavy (non-hydrogen) atoms. The molecule has 3 nitrogen and oxygen atoms in total. The first-order valence-electron chi connectivity index (χ1n) is 7.27. The lowest BCUT2D eigenvalue weighted by Crippen LogP contribution is -2.19. The van der Waals surface area contributed by atoms with Crippen LogP contribution < -0.4 is 5.43 Å². The highest BCUT2D eigenvalue weighted by Crippen LogP contribution is 2.27. The van der Waals surface area contributed by atoms with Crippen molar-refractivity contribution in [3.05, 3.63) is 82.3 Å². The number of amides is 1. The number of hydrazone groups is 1. The standard InChI is InChI=1S/C19H15BrN2O/c20-18-11-10-15(16-8-4-5-9-17(16)18)12-19(23)22-21-13-14-6-2-1-3-7-14/h1-11,13H,12H2,(H,22,23). The lowest BCUT2D eigenvalue weighted by molar-refractivity contribution is -0.120. The Morgan fingerprint density at radius 3 is 2.43 bits per heavy atom. The van der Waals surface area contributed by atoms with Crippen LogP contribution in [0.15, 0.2) is 76.3 Å². The fourth-order valence-electron chi connectivity index (χ4n) is 2.41. The second kappa shape index (κ2) is 7.20. The average molecular weight is 367 g/mol. The van der Waals surface area contributed by atoms with Gasteiger partial charge in [-0.25, -0.2) is 5.43 Å². The Balaban J connectivity index is 1.71. The fraction of sp³-hybridized carbons (Fsp3) is 0.0526. The molecule has 3 rings (SSSR count). The monoisotopic (exact) mass is 366 g/mol. The van der Waals surface area contributed by atoms with E-state index in [9.17, 15) is 4.79 Å². The van der Waals surface area contributed by atoms with E-state index in [1.54, 1.807) is 6.21 Å². The van der Waals surface area contributed by atoms with E-state index in [2.05, 4.69) is 26.5 Å². The second-order valence-electron chi connectivity index (χ2n) is 5.13. The first kappa shape index (κ1) is 15.4. The molecule has 114 valence electrons. The molecule has 0 radical (unpaired) electrons. The minimum atomic E-state index is -0.135. The summed E-state index contributed by atoms with van der Waals surface area (Å²) in [5, 5.41) is 6.18. The summed E-state index contributed by atoms with van der Waals surface area (Å²) >= 11 is 3.54. The number of fused-ring (bicyclic) bond motifs is 1. The maximum absolute atomic E-state index is 12.1. The van der Waals surface area contributed by atoms with Crippen LogP contribution in [0.4, 0.5) is 0 Å². The molecule has 0 atom stereocenters. The highest BCUT2D eigenvalue weighted by Gasteiger charge is 2.08. The lowest BCUT2D eigenvalue weighted by Gasteiger charge is -2.07. The zero-order valence-corrected chi connectivity index (χ0v) is 14.0. The first-order valence-corrected chi connectivity index (χ1v) is 8.06. The van der Waals surface area contributed by atoms with E-state index in [0.717, 1.165) is 26.4 Å². The number of halogens is 1. The number of carbonyl (C=O) groups excluding carboxylic acids is 1. The molecule has 0 unspecified atom stereocenters.